The van der Waals surface area contributed by atoms with Crippen molar-refractivity contribution in [3.05, 3.63) is 34.4 Å². The molecular weight excluding hydrogens is 253 g/mol. The van der Waals surface area contributed by atoms with Gasteiger partial charge >= 0.3 is 0 Å². The Balaban J connectivity index is 2.65. The number of halogens is 2. The summed E-state index contributed by atoms with van der Waals surface area (Å²) in [7, 11) is 0. The van der Waals surface area contributed by atoms with Crippen LogP contribution in [0.5, 0.6) is 0 Å². The van der Waals surface area contributed by atoms with Crippen LogP contribution in [0.15, 0.2) is 34.4 Å². The van der Waals surface area contributed by atoms with Crippen LogP contribution in [-0.2, 0) is 4.79 Å². The third-order valence-corrected chi connectivity index (χ3v) is 3.40. The molecule has 2 rings (SSSR count). The molecule has 0 saturated carbocycles. The van der Waals surface area contributed by atoms with Crippen molar-refractivity contribution < 1.29 is 15.0 Å². The summed E-state index contributed by atoms with van der Waals surface area (Å²) in [6, 6.07) is 0. The average molecular weight is 262 g/mol. The van der Waals surface area contributed by atoms with Crippen LogP contribution in [0.1, 0.15) is 6.92 Å². The lowest BCUT2D eigenvalue weighted by Gasteiger charge is -2.29. The van der Waals surface area contributed by atoms with E-state index in [9.17, 15) is 15.0 Å². The molecule has 0 saturated heterocycles. The summed E-state index contributed by atoms with van der Waals surface area (Å²) < 4.78 is 0. The second kappa shape index (κ2) is 3.71. The fourth-order valence-corrected chi connectivity index (χ4v) is 2.21. The number of nitrogens with one attached hydrogen (secondary N) is 1. The average Bonchev–Trinajstić information content (AvgIpc) is 2.27. The van der Waals surface area contributed by atoms with Crippen molar-refractivity contribution in [3.63, 3.8) is 0 Å². The molecule has 0 bridgehead atoms. The first-order valence-electron chi connectivity index (χ1n) is 4.57. The largest absolute Gasteiger partial charge is 0.507 e. The van der Waals surface area contributed by atoms with Crippen LogP contribution < -0.4 is 5.32 Å². The van der Waals surface area contributed by atoms with Gasteiger partial charge in [-0.2, -0.15) is 0 Å². The summed E-state index contributed by atoms with van der Waals surface area (Å²) in [6.07, 6.45) is 1.48. The topological polar surface area (TPSA) is 69.6 Å². The van der Waals surface area contributed by atoms with Crippen LogP contribution in [0.2, 0.25) is 0 Å². The Hall–Kier alpha value is -1.13. The lowest BCUT2D eigenvalue weighted by molar-refractivity contribution is -0.115. The van der Waals surface area contributed by atoms with Crippen molar-refractivity contribution in [2.24, 2.45) is 0 Å². The Kier molecular flexibility index (Phi) is 2.64. The van der Waals surface area contributed by atoms with Crippen LogP contribution in [-0.4, -0.2) is 26.9 Å². The third kappa shape index (κ3) is 1.41. The van der Waals surface area contributed by atoms with Gasteiger partial charge in [0.05, 0.1) is 0 Å². The summed E-state index contributed by atoms with van der Waals surface area (Å²) in [6.45, 7) is 1.53. The maximum Gasteiger partial charge on any atom is 0.201 e. The van der Waals surface area contributed by atoms with E-state index in [0.717, 1.165) is 0 Å². The molecule has 2 atom stereocenters. The molecule has 1 heterocycles. The van der Waals surface area contributed by atoms with Crippen molar-refractivity contribution in [2.45, 2.75) is 17.8 Å². The maximum absolute atomic E-state index is 11.8. The number of alkyl halides is 2. The molecule has 0 aromatic rings. The number of Topliss-reactive ketones (excluding diaryl/α,β-unsaturated/α-hetero) is 1. The molecule has 4 nitrogen and oxygen atoms in total. The van der Waals surface area contributed by atoms with E-state index in [1.165, 1.54) is 13.1 Å². The number of aliphatic hydroxyl groups is 2. The highest BCUT2D eigenvalue weighted by molar-refractivity contribution is 6.36. The zero-order valence-corrected chi connectivity index (χ0v) is 9.80. The van der Waals surface area contributed by atoms with Crippen LogP contribution in [0.25, 0.3) is 0 Å². The predicted octanol–water partition coefficient (Wildman–Crippen LogP) is 1.87. The normalized spacial score (nSPS) is 29.9. The minimum absolute atomic E-state index is 0.272. The first kappa shape index (κ1) is 11.4. The van der Waals surface area contributed by atoms with E-state index in [1.807, 2.05) is 0 Å². The molecule has 0 amide bonds. The highest BCUT2D eigenvalue weighted by Crippen LogP contribution is 2.37. The molecular formula is C10H9Cl2NO3. The van der Waals surface area contributed by atoms with E-state index >= 15 is 0 Å². The van der Waals surface area contributed by atoms with Gasteiger partial charge in [0.25, 0.3) is 0 Å². The molecule has 0 spiro atoms. The summed E-state index contributed by atoms with van der Waals surface area (Å²) in [5.41, 5.74) is 0.119. The van der Waals surface area contributed by atoms with E-state index < -0.39 is 10.9 Å². The van der Waals surface area contributed by atoms with E-state index in [4.69, 9.17) is 23.2 Å². The Labute approximate surface area is 102 Å². The Morgan fingerprint density at radius 1 is 1.38 bits per heavy atom. The molecule has 3 N–H and O–H groups in total. The van der Waals surface area contributed by atoms with E-state index in [1.54, 1.807) is 0 Å². The monoisotopic (exact) mass is 261 g/mol. The SMILES string of the molecule is CC1=C2C(=O)C(Cl)NC=C2C(Cl)C(O)=C1O. The molecule has 86 valence electrons. The van der Waals surface area contributed by atoms with Crippen molar-refractivity contribution in [1.29, 1.82) is 0 Å². The number of carbonyl (C=O) groups is 1. The van der Waals surface area contributed by atoms with Gasteiger partial charge in [-0.3, -0.25) is 4.79 Å². The number of hydrogen-bond acceptors (Lipinski definition) is 4. The number of rotatable bonds is 0. The van der Waals surface area contributed by atoms with Gasteiger partial charge < -0.3 is 15.5 Å². The molecule has 6 heteroatoms. The summed E-state index contributed by atoms with van der Waals surface area (Å²) in [4.78, 5) is 11.8. The number of hydrogen-bond donors (Lipinski definition) is 3. The van der Waals surface area contributed by atoms with Gasteiger partial charge in [0, 0.05) is 22.9 Å². The summed E-state index contributed by atoms with van der Waals surface area (Å²) in [5, 5.41) is 20.9. The number of ketones is 1. The first-order valence-corrected chi connectivity index (χ1v) is 5.44. The second-order valence-corrected chi connectivity index (χ2v) is 4.46. The maximum atomic E-state index is 11.8. The Morgan fingerprint density at radius 2 is 2.00 bits per heavy atom. The van der Waals surface area contributed by atoms with Crippen LogP contribution in [0.4, 0.5) is 0 Å². The summed E-state index contributed by atoms with van der Waals surface area (Å²) >= 11 is 11.6. The fourth-order valence-electron chi connectivity index (χ4n) is 1.76. The minimum Gasteiger partial charge on any atom is -0.507 e. The fraction of sp³-hybridized carbons (Fsp3) is 0.300. The summed E-state index contributed by atoms with van der Waals surface area (Å²) in [5.74, 6) is -1.07. The highest BCUT2D eigenvalue weighted by atomic mass is 35.5. The number of allylic oxidation sites excluding steroid dienone is 2. The number of fused-ring (bicyclic) bond motifs is 1. The zero-order valence-electron chi connectivity index (χ0n) is 8.29. The quantitative estimate of drug-likeness (QED) is 0.460. The van der Waals surface area contributed by atoms with Crippen molar-refractivity contribution in [1.82, 2.24) is 5.32 Å². The predicted molar refractivity (Wildman–Crippen MR) is 60.5 cm³/mol. The molecule has 1 aliphatic carbocycles. The van der Waals surface area contributed by atoms with Crippen LogP contribution >= 0.6 is 23.2 Å². The number of carbonyl (C=O) groups excluding carboxylic acids is 1. The zero-order chi connectivity index (χ0) is 12.0. The molecule has 16 heavy (non-hydrogen) atoms. The smallest absolute Gasteiger partial charge is 0.201 e. The molecule has 0 radical (unpaired) electrons. The van der Waals surface area contributed by atoms with Crippen LogP contribution in [0.3, 0.4) is 0 Å². The van der Waals surface area contributed by atoms with Crippen molar-refractivity contribution in [3.8, 4) is 0 Å². The first-order chi connectivity index (χ1) is 7.45. The van der Waals surface area contributed by atoms with Gasteiger partial charge in [0.15, 0.2) is 17.0 Å². The van der Waals surface area contributed by atoms with Gasteiger partial charge in [-0.05, 0) is 6.92 Å². The van der Waals surface area contributed by atoms with Gasteiger partial charge in [0.1, 0.15) is 5.38 Å². The van der Waals surface area contributed by atoms with E-state index in [0.29, 0.717) is 5.57 Å². The lowest BCUT2D eigenvalue weighted by Crippen LogP contribution is -2.38. The highest BCUT2D eigenvalue weighted by Gasteiger charge is 2.38. The molecule has 0 aromatic carbocycles. The second-order valence-electron chi connectivity index (χ2n) is 3.59. The number of aliphatic hydroxyl groups excluding tert-OH is 2. The van der Waals surface area contributed by atoms with E-state index in [2.05, 4.69) is 5.32 Å². The van der Waals surface area contributed by atoms with Crippen LogP contribution in [0, 0.1) is 0 Å². The Bertz CT molecular complexity index is 465. The van der Waals surface area contributed by atoms with Crippen molar-refractivity contribution in [2.75, 3.05) is 0 Å². The molecule has 2 unspecified atom stereocenters. The van der Waals surface area contributed by atoms with Gasteiger partial charge in [-0.15, -0.1) is 11.6 Å². The van der Waals surface area contributed by atoms with E-state index in [-0.39, 0.29) is 28.4 Å². The Morgan fingerprint density at radius 3 is 2.62 bits per heavy atom. The molecule has 0 fully saturated rings. The van der Waals surface area contributed by atoms with Crippen molar-refractivity contribution >= 4 is 29.0 Å². The van der Waals surface area contributed by atoms with Gasteiger partial charge in [0.2, 0.25) is 5.78 Å². The lowest BCUT2D eigenvalue weighted by atomic mass is 9.86. The minimum atomic E-state index is -0.931. The molecule has 0 aromatic heterocycles. The third-order valence-electron chi connectivity index (χ3n) is 2.64. The molecule has 2 aliphatic rings. The van der Waals surface area contributed by atoms with Gasteiger partial charge in [-0.1, -0.05) is 11.6 Å². The standard InChI is InChI=1S/C10H9Cl2NO3/c1-3-5-4(2-13-10(12)8(5)15)6(11)9(16)7(3)14/h2,6,10,13-14,16H,1H3. The molecule has 1 aliphatic heterocycles. The van der Waals surface area contributed by atoms with Gasteiger partial charge in [-0.25, -0.2) is 0 Å².